The Kier molecular flexibility index (Phi) is 6.25. The minimum atomic E-state index is -3.55. The number of sulfonamides is 1. The predicted octanol–water partition coefficient (Wildman–Crippen LogP) is 3.53. The molecule has 7 heteroatoms. The molecule has 1 fully saturated rings. The van der Waals surface area contributed by atoms with Crippen molar-refractivity contribution < 1.29 is 17.9 Å². The first-order valence-corrected chi connectivity index (χ1v) is 11.9. The highest BCUT2D eigenvalue weighted by Crippen LogP contribution is 2.27. The summed E-state index contributed by atoms with van der Waals surface area (Å²) in [6, 6.07) is 22.1. The van der Waals surface area contributed by atoms with Crippen LogP contribution in [0.2, 0.25) is 0 Å². The monoisotopic (exact) mass is 438 g/mol. The van der Waals surface area contributed by atoms with Gasteiger partial charge in [0.25, 0.3) is 5.91 Å². The van der Waals surface area contributed by atoms with Crippen LogP contribution in [0.3, 0.4) is 0 Å². The number of carbonyl (C=O) groups is 1. The van der Waals surface area contributed by atoms with Crippen molar-refractivity contribution in [1.82, 2.24) is 9.21 Å². The lowest BCUT2D eigenvalue weighted by molar-refractivity contribution is -0.140. The molecule has 0 N–H and O–H groups in total. The van der Waals surface area contributed by atoms with Crippen molar-refractivity contribution in [3.63, 3.8) is 0 Å². The Morgan fingerprint density at radius 3 is 2.26 bits per heavy atom. The van der Waals surface area contributed by atoms with Gasteiger partial charge in [0.05, 0.1) is 4.90 Å². The van der Waals surface area contributed by atoms with E-state index in [1.807, 2.05) is 49.4 Å². The highest BCUT2D eigenvalue weighted by molar-refractivity contribution is 7.89. The third-order valence-corrected chi connectivity index (χ3v) is 7.51. The summed E-state index contributed by atoms with van der Waals surface area (Å²) in [5, 5.41) is 2.03. The quantitative estimate of drug-likeness (QED) is 0.591. The van der Waals surface area contributed by atoms with Crippen LogP contribution in [0.25, 0.3) is 10.8 Å². The fourth-order valence-corrected chi connectivity index (χ4v) is 5.30. The van der Waals surface area contributed by atoms with Crippen molar-refractivity contribution in [2.75, 3.05) is 26.2 Å². The van der Waals surface area contributed by atoms with Crippen LogP contribution in [0.4, 0.5) is 0 Å². The van der Waals surface area contributed by atoms with Crippen molar-refractivity contribution >= 4 is 26.7 Å². The molecule has 6 nitrogen and oxygen atoms in total. The van der Waals surface area contributed by atoms with Crippen LogP contribution in [0.5, 0.6) is 5.75 Å². The third-order valence-electron chi connectivity index (χ3n) is 5.60. The number of nitrogens with zero attached hydrogens (tertiary/aromatic N) is 2. The summed E-state index contributed by atoms with van der Waals surface area (Å²) in [7, 11) is -3.55. The molecule has 0 aliphatic carbocycles. The van der Waals surface area contributed by atoms with E-state index in [1.54, 1.807) is 35.2 Å². The average Bonchev–Trinajstić information content (AvgIpc) is 2.83. The minimum Gasteiger partial charge on any atom is -0.480 e. The lowest BCUT2D eigenvalue weighted by Crippen LogP contribution is -2.53. The van der Waals surface area contributed by atoms with Gasteiger partial charge in [-0.25, -0.2) is 8.42 Å². The van der Waals surface area contributed by atoms with Crippen LogP contribution >= 0.6 is 0 Å². The standard InChI is InChI=1S/C24H26N2O4S/c1-2-22(30-23-14-8-10-19-9-6-7-13-21(19)23)24(27)25-15-17-26(18-16-25)31(28,29)20-11-4-3-5-12-20/h3-14,22H,2,15-18H2,1H3/t22-/m1/s1. The fraction of sp³-hybridized carbons (Fsp3) is 0.292. The van der Waals surface area contributed by atoms with Gasteiger partial charge in [-0.2, -0.15) is 4.31 Å². The van der Waals surface area contributed by atoms with E-state index in [1.165, 1.54) is 4.31 Å². The van der Waals surface area contributed by atoms with E-state index in [9.17, 15) is 13.2 Å². The van der Waals surface area contributed by atoms with E-state index < -0.39 is 16.1 Å². The summed E-state index contributed by atoms with van der Waals surface area (Å²) >= 11 is 0. The molecule has 0 saturated carbocycles. The molecule has 1 heterocycles. The second-order valence-corrected chi connectivity index (χ2v) is 9.47. The van der Waals surface area contributed by atoms with Gasteiger partial charge in [0.2, 0.25) is 10.0 Å². The molecule has 4 rings (SSSR count). The second-order valence-electron chi connectivity index (χ2n) is 7.53. The van der Waals surface area contributed by atoms with Crippen molar-refractivity contribution in [1.29, 1.82) is 0 Å². The molecule has 1 aliphatic rings. The highest BCUT2D eigenvalue weighted by atomic mass is 32.2. The molecule has 0 bridgehead atoms. The zero-order valence-corrected chi connectivity index (χ0v) is 18.3. The topological polar surface area (TPSA) is 66.9 Å². The van der Waals surface area contributed by atoms with Crippen LogP contribution < -0.4 is 4.74 Å². The second kappa shape index (κ2) is 9.08. The van der Waals surface area contributed by atoms with Gasteiger partial charge in [0, 0.05) is 31.6 Å². The molecular formula is C24H26N2O4S. The molecule has 0 spiro atoms. The van der Waals surface area contributed by atoms with Gasteiger partial charge in [-0.3, -0.25) is 4.79 Å². The van der Waals surface area contributed by atoms with Gasteiger partial charge in [-0.05, 0) is 30.0 Å². The molecule has 1 aliphatic heterocycles. The van der Waals surface area contributed by atoms with Crippen molar-refractivity contribution in [3.8, 4) is 5.75 Å². The molecular weight excluding hydrogens is 412 g/mol. The third kappa shape index (κ3) is 4.43. The zero-order chi connectivity index (χ0) is 21.8. The minimum absolute atomic E-state index is 0.104. The Balaban J connectivity index is 1.44. The Labute approximate surface area is 183 Å². The maximum Gasteiger partial charge on any atom is 0.263 e. The van der Waals surface area contributed by atoms with Crippen molar-refractivity contribution in [2.45, 2.75) is 24.3 Å². The summed E-state index contributed by atoms with van der Waals surface area (Å²) in [5.41, 5.74) is 0. The molecule has 31 heavy (non-hydrogen) atoms. The van der Waals surface area contributed by atoms with Gasteiger partial charge >= 0.3 is 0 Å². The fourth-order valence-electron chi connectivity index (χ4n) is 3.85. The Morgan fingerprint density at radius 2 is 1.55 bits per heavy atom. The van der Waals surface area contributed by atoms with Crippen LogP contribution in [0.15, 0.2) is 77.7 Å². The van der Waals surface area contributed by atoms with Crippen LogP contribution in [0.1, 0.15) is 13.3 Å². The largest absolute Gasteiger partial charge is 0.480 e. The first-order valence-electron chi connectivity index (χ1n) is 10.5. The molecule has 0 radical (unpaired) electrons. The lowest BCUT2D eigenvalue weighted by Gasteiger charge is -2.35. The zero-order valence-electron chi connectivity index (χ0n) is 17.5. The molecule has 1 atom stereocenters. The normalized spacial score (nSPS) is 16.2. The number of hydrogen-bond donors (Lipinski definition) is 0. The number of amides is 1. The van der Waals surface area contributed by atoms with Crippen molar-refractivity contribution in [3.05, 3.63) is 72.8 Å². The summed E-state index contributed by atoms with van der Waals surface area (Å²) < 4.78 is 33.2. The van der Waals surface area contributed by atoms with Gasteiger partial charge in [-0.15, -0.1) is 0 Å². The average molecular weight is 439 g/mol. The van der Waals surface area contributed by atoms with Crippen molar-refractivity contribution in [2.24, 2.45) is 0 Å². The molecule has 0 aromatic heterocycles. The summed E-state index contributed by atoms with van der Waals surface area (Å²) in [4.78, 5) is 15.1. The highest BCUT2D eigenvalue weighted by Gasteiger charge is 2.32. The number of carbonyl (C=O) groups excluding carboxylic acids is 1. The number of rotatable bonds is 6. The van der Waals surface area contributed by atoms with Crippen LogP contribution in [0, 0.1) is 0 Å². The number of ether oxygens (including phenoxy) is 1. The summed E-state index contributed by atoms with van der Waals surface area (Å²) in [6.45, 7) is 3.16. The first kappa shape index (κ1) is 21.3. The number of fused-ring (bicyclic) bond motifs is 1. The summed E-state index contributed by atoms with van der Waals surface area (Å²) in [5.74, 6) is 0.579. The first-order chi connectivity index (χ1) is 15.0. The Bertz CT molecular complexity index is 1150. The smallest absolute Gasteiger partial charge is 0.263 e. The van der Waals surface area contributed by atoms with Gasteiger partial charge in [-0.1, -0.05) is 61.5 Å². The molecule has 0 unspecified atom stereocenters. The number of piperazine rings is 1. The molecule has 3 aromatic carbocycles. The summed E-state index contributed by atoms with van der Waals surface area (Å²) in [6.07, 6.45) is -0.0759. The molecule has 1 amide bonds. The van der Waals surface area contributed by atoms with Gasteiger partial charge < -0.3 is 9.64 Å². The number of hydrogen-bond acceptors (Lipinski definition) is 4. The van der Waals surface area contributed by atoms with E-state index in [-0.39, 0.29) is 23.9 Å². The molecule has 162 valence electrons. The van der Waals surface area contributed by atoms with E-state index in [4.69, 9.17) is 4.74 Å². The van der Waals surface area contributed by atoms with Crippen LogP contribution in [-0.4, -0.2) is 55.8 Å². The van der Waals surface area contributed by atoms with E-state index in [0.29, 0.717) is 25.3 Å². The van der Waals surface area contributed by atoms with E-state index in [0.717, 1.165) is 10.8 Å². The maximum atomic E-state index is 13.1. The SMILES string of the molecule is CC[C@@H](Oc1cccc2ccccc12)C(=O)N1CCN(S(=O)(=O)c2ccccc2)CC1. The predicted molar refractivity (Wildman–Crippen MR) is 120 cm³/mol. The lowest BCUT2D eigenvalue weighted by atomic mass is 10.1. The number of benzene rings is 3. The molecule has 3 aromatic rings. The van der Waals surface area contributed by atoms with E-state index >= 15 is 0 Å². The van der Waals surface area contributed by atoms with Gasteiger partial charge in [0.1, 0.15) is 5.75 Å². The van der Waals surface area contributed by atoms with Crippen LogP contribution in [-0.2, 0) is 14.8 Å². The van der Waals surface area contributed by atoms with Gasteiger partial charge in [0.15, 0.2) is 6.10 Å². The molecule has 1 saturated heterocycles. The van der Waals surface area contributed by atoms with E-state index in [2.05, 4.69) is 0 Å². The Hall–Kier alpha value is -2.90. The Morgan fingerprint density at radius 1 is 0.903 bits per heavy atom. The maximum absolute atomic E-state index is 13.1.